The number of nitriles is 1. The first-order valence-corrected chi connectivity index (χ1v) is 13.9. The van der Waals surface area contributed by atoms with E-state index in [4.69, 9.17) is 6.42 Å². The van der Waals surface area contributed by atoms with Crippen LogP contribution < -0.4 is 21.6 Å². The number of hydrazine groups is 2. The number of nitrogens with one attached hydrogen (secondary N) is 4. The lowest BCUT2D eigenvalue weighted by Gasteiger charge is -2.28. The predicted molar refractivity (Wildman–Crippen MR) is 156 cm³/mol. The van der Waals surface area contributed by atoms with Crippen LogP contribution in [-0.4, -0.2) is 33.2 Å². The van der Waals surface area contributed by atoms with Gasteiger partial charge in [-0.05, 0) is 42.9 Å². The van der Waals surface area contributed by atoms with E-state index in [1.165, 1.54) is 12.3 Å². The van der Waals surface area contributed by atoms with Crippen molar-refractivity contribution in [1.82, 2.24) is 25.9 Å². The van der Waals surface area contributed by atoms with E-state index >= 15 is 0 Å². The van der Waals surface area contributed by atoms with Crippen LogP contribution in [0.25, 0.3) is 10.9 Å². The number of pyridine rings is 2. The Labute approximate surface area is 247 Å². The standard InChI is InChI=1S/C31H32F4N8/c1-6-18-15-37-27-19(14-36)12-20(13-22(27)26(18)38-17-29(3,4)5)39-28(21-8-9-25(32)40-23(21)7-2)24-16-43(42-41-24)30(10-11-30)31(33,34)35/h1,8-9,12-13,15-16,28,39,41-42H,7,10-11,17H2,2-5H3,(H,37,38)/t28-/m0/s1. The number of anilines is 2. The highest BCUT2D eigenvalue weighted by Crippen LogP contribution is 2.53. The second kappa shape index (κ2) is 10.9. The minimum Gasteiger partial charge on any atom is -0.383 e. The van der Waals surface area contributed by atoms with Crippen LogP contribution in [0.3, 0.4) is 0 Å². The lowest BCUT2D eigenvalue weighted by atomic mass is 9.96. The van der Waals surface area contributed by atoms with Crippen LogP contribution >= 0.6 is 0 Å². The number of hydrogen-bond donors (Lipinski definition) is 4. The zero-order valence-electron chi connectivity index (χ0n) is 24.2. The summed E-state index contributed by atoms with van der Waals surface area (Å²) < 4.78 is 55.9. The number of nitrogens with zero attached hydrogens (tertiary/aromatic N) is 4. The monoisotopic (exact) mass is 592 g/mol. The zero-order valence-corrected chi connectivity index (χ0v) is 24.2. The summed E-state index contributed by atoms with van der Waals surface area (Å²) in [5, 5.41) is 18.5. The lowest BCUT2D eigenvalue weighted by Crippen LogP contribution is -2.52. The molecule has 4 N–H and O–H groups in total. The van der Waals surface area contributed by atoms with Gasteiger partial charge in [0.1, 0.15) is 6.07 Å². The molecule has 0 amide bonds. The number of aryl methyl sites for hydroxylation is 1. The molecule has 1 aliphatic heterocycles. The number of terminal acetylenes is 1. The second-order valence-corrected chi connectivity index (χ2v) is 12.0. The number of hydrogen-bond acceptors (Lipinski definition) is 8. The molecule has 12 heteroatoms. The van der Waals surface area contributed by atoms with Gasteiger partial charge in [0.25, 0.3) is 0 Å². The fourth-order valence-electron chi connectivity index (χ4n) is 5.13. The maximum atomic E-state index is 14.1. The van der Waals surface area contributed by atoms with Gasteiger partial charge in [0.15, 0.2) is 5.54 Å². The summed E-state index contributed by atoms with van der Waals surface area (Å²) in [4.78, 5) is 8.50. The van der Waals surface area contributed by atoms with E-state index in [1.807, 2.05) is 6.92 Å². The Morgan fingerprint density at radius 3 is 2.53 bits per heavy atom. The van der Waals surface area contributed by atoms with Crippen molar-refractivity contribution in [2.24, 2.45) is 5.41 Å². The average molecular weight is 593 g/mol. The van der Waals surface area contributed by atoms with Crippen molar-refractivity contribution in [3.8, 4) is 18.4 Å². The molecule has 1 aromatic carbocycles. The molecule has 1 aliphatic carbocycles. The first-order valence-electron chi connectivity index (χ1n) is 13.9. The molecule has 0 unspecified atom stereocenters. The fraction of sp³-hybridized carbons (Fsp3) is 0.387. The third kappa shape index (κ3) is 5.75. The molecule has 1 atom stereocenters. The van der Waals surface area contributed by atoms with Gasteiger partial charge in [-0.2, -0.15) is 22.8 Å². The van der Waals surface area contributed by atoms with Gasteiger partial charge in [-0.25, -0.2) is 4.98 Å². The summed E-state index contributed by atoms with van der Waals surface area (Å²) in [5.41, 5.74) is 7.15. The third-order valence-electron chi connectivity index (χ3n) is 7.59. The van der Waals surface area contributed by atoms with Crippen LogP contribution in [0.1, 0.15) is 69.0 Å². The van der Waals surface area contributed by atoms with E-state index in [1.54, 1.807) is 24.4 Å². The molecular weight excluding hydrogens is 560 g/mol. The van der Waals surface area contributed by atoms with Gasteiger partial charge in [-0.1, -0.05) is 39.7 Å². The molecular formula is C31H32F4N8. The van der Waals surface area contributed by atoms with Crippen molar-refractivity contribution in [2.45, 2.75) is 64.7 Å². The van der Waals surface area contributed by atoms with Crippen LogP contribution in [-0.2, 0) is 6.42 Å². The highest BCUT2D eigenvalue weighted by molar-refractivity contribution is 5.99. The van der Waals surface area contributed by atoms with Crippen molar-refractivity contribution < 1.29 is 17.6 Å². The smallest absolute Gasteiger partial charge is 0.383 e. The van der Waals surface area contributed by atoms with Crippen LogP contribution in [0.4, 0.5) is 28.9 Å². The molecule has 43 heavy (non-hydrogen) atoms. The molecule has 2 aromatic heterocycles. The molecule has 2 aliphatic rings. The fourth-order valence-corrected chi connectivity index (χ4v) is 5.13. The minimum atomic E-state index is -4.44. The Balaban J connectivity index is 1.63. The van der Waals surface area contributed by atoms with E-state index in [0.29, 0.717) is 57.8 Å². The molecule has 3 heterocycles. The van der Waals surface area contributed by atoms with Crippen LogP contribution in [0, 0.1) is 35.0 Å². The quantitative estimate of drug-likeness (QED) is 0.142. The summed E-state index contributed by atoms with van der Waals surface area (Å²) in [5.74, 6) is 1.99. The summed E-state index contributed by atoms with van der Waals surface area (Å²) in [6.45, 7) is 8.62. The lowest BCUT2D eigenvalue weighted by molar-refractivity contribution is -0.195. The number of halogens is 4. The molecule has 0 radical (unpaired) electrons. The Bertz CT molecular complexity index is 1670. The third-order valence-corrected chi connectivity index (χ3v) is 7.59. The second-order valence-electron chi connectivity index (χ2n) is 12.0. The van der Waals surface area contributed by atoms with Gasteiger partial charge in [0.2, 0.25) is 5.95 Å². The average Bonchev–Trinajstić information content (AvgIpc) is 3.65. The molecule has 8 nitrogen and oxygen atoms in total. The van der Waals surface area contributed by atoms with Crippen LogP contribution in [0.2, 0.25) is 0 Å². The van der Waals surface area contributed by atoms with Crippen molar-refractivity contribution in [2.75, 3.05) is 17.2 Å². The van der Waals surface area contributed by atoms with Gasteiger partial charge >= 0.3 is 6.18 Å². The van der Waals surface area contributed by atoms with Crippen molar-refractivity contribution in [3.63, 3.8) is 0 Å². The minimum absolute atomic E-state index is 0.0452. The van der Waals surface area contributed by atoms with Gasteiger partial charge in [0, 0.05) is 41.3 Å². The summed E-state index contributed by atoms with van der Waals surface area (Å²) in [7, 11) is 0. The maximum absolute atomic E-state index is 14.1. The number of fused-ring (bicyclic) bond motifs is 1. The SMILES string of the molecule is C#Cc1cnc2c(C#N)cc(N[C@H](C3=CN(C4(C(F)(F)F)CC4)NN3)c3ccc(F)nc3CC)cc2c1NCC(C)(C)C. The molecule has 1 fully saturated rings. The van der Waals surface area contributed by atoms with Crippen molar-refractivity contribution in [3.05, 3.63) is 70.7 Å². The Morgan fingerprint density at radius 2 is 1.93 bits per heavy atom. The topological polar surface area (TPSA) is 101 Å². The molecule has 1 saturated carbocycles. The van der Waals surface area contributed by atoms with Gasteiger partial charge in [-0.3, -0.25) is 9.99 Å². The van der Waals surface area contributed by atoms with E-state index in [0.717, 1.165) is 5.01 Å². The Hall–Kier alpha value is -4.55. The van der Waals surface area contributed by atoms with Gasteiger partial charge in [0.05, 0.1) is 34.1 Å². The normalized spacial score (nSPS) is 16.6. The first-order chi connectivity index (χ1) is 20.3. The molecule has 0 spiro atoms. The highest BCUT2D eigenvalue weighted by atomic mass is 19.4. The Kier molecular flexibility index (Phi) is 7.61. The maximum Gasteiger partial charge on any atom is 0.413 e. The first kappa shape index (κ1) is 29.9. The highest BCUT2D eigenvalue weighted by Gasteiger charge is 2.67. The molecule has 0 saturated heterocycles. The molecule has 3 aromatic rings. The summed E-state index contributed by atoms with van der Waals surface area (Å²) >= 11 is 0. The summed E-state index contributed by atoms with van der Waals surface area (Å²) in [6.07, 6.45) is 4.56. The molecule has 0 bridgehead atoms. The summed E-state index contributed by atoms with van der Waals surface area (Å²) in [6, 6.07) is 7.58. The van der Waals surface area contributed by atoms with Crippen LogP contribution in [0.15, 0.2) is 42.4 Å². The predicted octanol–water partition coefficient (Wildman–Crippen LogP) is 6.06. The van der Waals surface area contributed by atoms with Crippen LogP contribution in [0.5, 0.6) is 0 Å². The van der Waals surface area contributed by atoms with E-state index in [9.17, 15) is 22.8 Å². The van der Waals surface area contributed by atoms with E-state index in [2.05, 4.69) is 64.3 Å². The zero-order chi connectivity index (χ0) is 31.2. The van der Waals surface area contributed by atoms with Crippen molar-refractivity contribution >= 4 is 22.3 Å². The number of aromatic nitrogens is 2. The van der Waals surface area contributed by atoms with E-state index in [-0.39, 0.29) is 23.8 Å². The molecule has 224 valence electrons. The van der Waals surface area contributed by atoms with Crippen molar-refractivity contribution in [1.29, 1.82) is 5.26 Å². The Morgan fingerprint density at radius 1 is 1.19 bits per heavy atom. The number of alkyl halides is 3. The number of rotatable bonds is 8. The van der Waals surface area contributed by atoms with Gasteiger partial charge in [-0.15, -0.1) is 12.0 Å². The largest absolute Gasteiger partial charge is 0.413 e. The number of benzene rings is 1. The molecule has 5 rings (SSSR count). The van der Waals surface area contributed by atoms with Gasteiger partial charge < -0.3 is 16.1 Å². The van der Waals surface area contributed by atoms with E-state index < -0.39 is 23.7 Å².